The molecule has 10 nitrogen and oxygen atoms in total. The van der Waals surface area contributed by atoms with Crippen molar-refractivity contribution in [3.8, 4) is 11.5 Å². The number of hydrogen-bond donors (Lipinski definition) is 4. The molecule has 0 spiro atoms. The number of nitrogens with one attached hydrogen (secondary N) is 1. The van der Waals surface area contributed by atoms with Crippen LogP contribution in [0, 0.1) is 5.41 Å². The summed E-state index contributed by atoms with van der Waals surface area (Å²) in [5.74, 6) is -0.650. The van der Waals surface area contributed by atoms with Crippen molar-refractivity contribution in [1.82, 2.24) is 4.90 Å². The van der Waals surface area contributed by atoms with Gasteiger partial charge in [-0.1, -0.05) is 135 Å². The SMILES string of the molecule is CC(C)N1C2=CC(=NC(=O)CCc3cc(C(C)(C)C)c(O)c(C(C)(C)C)c3)/C(=C3/C(=O)C(c4cc5c(cc4NC(=O)CCc4cc(C(C)(C)C)c(O)c(C(C)(C)C)c4)N(C(C)C)C(C)C5(C)C)=C3O)C=C2C(C)(C)C1C. The number of phenolic OH excluding ortho intramolecular Hbond substituents is 2. The number of allylic oxidation sites excluding steroid dienone is 6. The number of aryl methyl sites for hydroxylation is 2. The van der Waals surface area contributed by atoms with Crippen molar-refractivity contribution >= 4 is 40.3 Å². The number of aliphatic imine (C=N–C) groups is 1. The average Bonchev–Trinajstić information content (AvgIpc) is 3.59. The molecule has 4 aliphatic rings. The van der Waals surface area contributed by atoms with Crippen LogP contribution in [0.4, 0.5) is 11.4 Å². The highest BCUT2D eigenvalue weighted by Crippen LogP contribution is 2.54. The molecule has 2 heterocycles. The normalized spacial score (nSPS) is 21.1. The van der Waals surface area contributed by atoms with Gasteiger partial charge in [-0.25, -0.2) is 4.99 Å². The van der Waals surface area contributed by atoms with Gasteiger partial charge >= 0.3 is 0 Å². The van der Waals surface area contributed by atoms with Crippen molar-refractivity contribution in [2.45, 2.75) is 229 Å². The number of hydrogen-bond acceptors (Lipinski definition) is 8. The standard InChI is InChI=1S/C66H90N4O6/c1-35(2)69-37(5)65(19,20)43-31-41(49(33-51(43)69)67-53(71)25-23-39-27-45(61(7,8)9)57(73)46(28-39)62(10,11)12)55-59(75)56(60(55)76)42-32-44-52(70(36(3)4)38(6)66(44,21)22)34-50(42)68-54(72)26-24-40-29-47(63(13,14)15)58(74)48(30-40)64(16,17)18/h27-38,73-75H,23-26H2,1-22H3,(H,67,71)/b56-42+,68-50?. The first-order valence-corrected chi connectivity index (χ1v) is 27.8. The third-order valence-corrected chi connectivity index (χ3v) is 17.1. The monoisotopic (exact) mass is 1030 g/mol. The van der Waals surface area contributed by atoms with E-state index in [1.165, 1.54) is 0 Å². The molecule has 0 radical (unpaired) electrons. The molecule has 10 heteroatoms. The highest BCUT2D eigenvalue weighted by atomic mass is 16.3. The number of benzene rings is 3. The summed E-state index contributed by atoms with van der Waals surface area (Å²) < 4.78 is 0. The summed E-state index contributed by atoms with van der Waals surface area (Å²) >= 11 is 0. The van der Waals surface area contributed by atoms with Crippen LogP contribution in [-0.2, 0) is 54.3 Å². The lowest BCUT2D eigenvalue weighted by molar-refractivity contribution is -0.118. The van der Waals surface area contributed by atoms with Crippen molar-refractivity contribution in [2.75, 3.05) is 10.2 Å². The van der Waals surface area contributed by atoms with Gasteiger partial charge in [0.1, 0.15) is 17.3 Å². The van der Waals surface area contributed by atoms with Gasteiger partial charge < -0.3 is 30.4 Å². The minimum atomic E-state index is -0.395. The second-order valence-electron chi connectivity index (χ2n) is 28.2. The van der Waals surface area contributed by atoms with Gasteiger partial charge in [0.25, 0.3) is 0 Å². The second-order valence-corrected chi connectivity index (χ2v) is 28.2. The Labute approximate surface area is 455 Å². The largest absolute Gasteiger partial charge is 0.507 e. The Bertz CT molecular complexity index is 3000. The maximum absolute atomic E-state index is 15.2. The van der Waals surface area contributed by atoms with Crippen LogP contribution in [0.15, 0.2) is 81.7 Å². The lowest BCUT2D eigenvalue weighted by Gasteiger charge is -2.34. The maximum Gasteiger partial charge on any atom is 0.246 e. The van der Waals surface area contributed by atoms with E-state index >= 15 is 4.79 Å². The zero-order valence-electron chi connectivity index (χ0n) is 50.2. The first-order valence-electron chi connectivity index (χ1n) is 27.8. The number of Topliss-reactive ketones (excluding diaryl/α,β-unsaturated/α-hetero) is 1. The van der Waals surface area contributed by atoms with E-state index in [-0.39, 0.29) is 110 Å². The summed E-state index contributed by atoms with van der Waals surface area (Å²) in [5, 5.41) is 38.6. The van der Waals surface area contributed by atoms with Gasteiger partial charge in [0.05, 0.1) is 22.5 Å². The predicted molar refractivity (Wildman–Crippen MR) is 313 cm³/mol. The van der Waals surface area contributed by atoms with Crippen LogP contribution >= 0.6 is 0 Å². The van der Waals surface area contributed by atoms with Gasteiger partial charge in [0, 0.05) is 70.4 Å². The molecule has 0 aromatic heterocycles. The molecule has 2 atom stereocenters. The number of carbonyl (C=O) groups is 3. The number of likely N-dealkylation sites (tertiary alicyclic amines) is 1. The van der Waals surface area contributed by atoms with Crippen LogP contribution in [0.25, 0.3) is 5.57 Å². The van der Waals surface area contributed by atoms with Crippen LogP contribution in [-0.4, -0.2) is 67.7 Å². The van der Waals surface area contributed by atoms with Crippen molar-refractivity contribution in [1.29, 1.82) is 0 Å². The molecule has 0 bridgehead atoms. The molecular weight excluding hydrogens is 945 g/mol. The lowest BCUT2D eigenvalue weighted by atomic mass is 9.73. The summed E-state index contributed by atoms with van der Waals surface area (Å²) in [6.45, 7) is 46.6. The van der Waals surface area contributed by atoms with E-state index in [2.05, 4.69) is 167 Å². The molecule has 3 aromatic carbocycles. The van der Waals surface area contributed by atoms with E-state index in [1.54, 1.807) is 0 Å². The highest BCUT2D eigenvalue weighted by molar-refractivity contribution is 6.42. The molecular formula is C66H90N4O6. The van der Waals surface area contributed by atoms with Gasteiger partial charge in [0.2, 0.25) is 17.6 Å². The number of anilines is 2. The first kappa shape index (κ1) is 57.8. The molecule has 2 amide bonds. The number of nitrogens with zero attached hydrogens (tertiary/aromatic N) is 3. The smallest absolute Gasteiger partial charge is 0.246 e. The van der Waals surface area contributed by atoms with Gasteiger partial charge in [0.15, 0.2) is 0 Å². The van der Waals surface area contributed by atoms with Crippen molar-refractivity contribution < 1.29 is 29.7 Å². The van der Waals surface area contributed by atoms with E-state index in [4.69, 9.17) is 4.99 Å². The fraction of sp³-hybridized carbons (Fsp3) is 0.545. The fourth-order valence-electron chi connectivity index (χ4n) is 12.0. The van der Waals surface area contributed by atoms with Gasteiger partial charge in [-0.05, 0) is 145 Å². The topological polar surface area (TPSA) is 143 Å². The Morgan fingerprint density at radius 3 is 1.51 bits per heavy atom. The van der Waals surface area contributed by atoms with Crippen molar-refractivity contribution in [3.63, 3.8) is 0 Å². The number of rotatable bonds is 10. The Hall–Kier alpha value is -5.90. The Balaban J connectivity index is 1.34. The second kappa shape index (κ2) is 19.5. The minimum absolute atomic E-state index is 0.0791. The zero-order chi connectivity index (χ0) is 57.1. The number of phenols is 2. The van der Waals surface area contributed by atoms with E-state index < -0.39 is 5.78 Å². The number of amides is 2. The van der Waals surface area contributed by atoms with Gasteiger partial charge in [-0.2, -0.15) is 0 Å². The number of ketones is 1. The Morgan fingerprint density at radius 1 is 0.632 bits per heavy atom. The summed E-state index contributed by atoms with van der Waals surface area (Å²) in [4.78, 5) is 53.4. The summed E-state index contributed by atoms with van der Waals surface area (Å²) in [6, 6.07) is 12.4. The lowest BCUT2D eigenvalue weighted by Crippen LogP contribution is -2.42. The highest BCUT2D eigenvalue weighted by Gasteiger charge is 2.50. The third kappa shape index (κ3) is 10.4. The molecule has 4 N–H and O–H groups in total. The molecule has 7 rings (SSSR count). The minimum Gasteiger partial charge on any atom is -0.507 e. The van der Waals surface area contributed by atoms with Crippen LogP contribution in [0.5, 0.6) is 11.5 Å². The predicted octanol–water partition coefficient (Wildman–Crippen LogP) is 14.5. The molecule has 2 aliphatic heterocycles. The molecule has 0 saturated carbocycles. The first-order chi connectivity index (χ1) is 34.7. The van der Waals surface area contributed by atoms with Gasteiger partial charge in [-0.15, -0.1) is 0 Å². The van der Waals surface area contributed by atoms with Crippen molar-refractivity contribution in [2.24, 2.45) is 10.4 Å². The molecule has 1 saturated heterocycles. The molecule has 410 valence electrons. The molecule has 3 aromatic rings. The number of carbonyl (C=O) groups excluding carboxylic acids is 3. The van der Waals surface area contributed by atoms with E-state index in [0.717, 1.165) is 55.9 Å². The average molecular weight is 1040 g/mol. The summed E-state index contributed by atoms with van der Waals surface area (Å²) in [5.41, 5.74) is 8.83. The fourth-order valence-corrected chi connectivity index (χ4v) is 12.0. The van der Waals surface area contributed by atoms with Crippen molar-refractivity contribution in [3.05, 3.63) is 121 Å². The zero-order valence-corrected chi connectivity index (χ0v) is 50.2. The van der Waals surface area contributed by atoms with Crippen LogP contribution in [0.1, 0.15) is 210 Å². The molecule has 2 unspecified atom stereocenters. The Kier molecular flexibility index (Phi) is 14.9. The maximum atomic E-state index is 15.2. The van der Waals surface area contributed by atoms with E-state index in [1.807, 2.05) is 48.6 Å². The number of fused-ring (bicyclic) bond motifs is 2. The number of aliphatic hydroxyl groups excluding tert-OH is 1. The number of aliphatic hydroxyl groups is 1. The molecule has 2 aliphatic carbocycles. The van der Waals surface area contributed by atoms with Crippen LogP contribution in [0.2, 0.25) is 0 Å². The van der Waals surface area contributed by atoms with E-state index in [0.29, 0.717) is 35.4 Å². The molecule has 76 heavy (non-hydrogen) atoms. The van der Waals surface area contributed by atoms with Gasteiger partial charge in [-0.3, -0.25) is 14.4 Å². The summed E-state index contributed by atoms with van der Waals surface area (Å²) in [7, 11) is 0. The van der Waals surface area contributed by atoms with E-state index in [9.17, 15) is 24.9 Å². The van der Waals surface area contributed by atoms with Crippen LogP contribution in [0.3, 0.4) is 0 Å². The van der Waals surface area contributed by atoms with Crippen LogP contribution < -0.4 is 10.2 Å². The quantitative estimate of drug-likeness (QED) is 0.147. The third-order valence-electron chi connectivity index (χ3n) is 17.1. The Morgan fingerprint density at radius 2 is 1.08 bits per heavy atom. The molecule has 1 fully saturated rings. The summed E-state index contributed by atoms with van der Waals surface area (Å²) in [6.07, 6.45) is 4.92. The number of aromatic hydroxyl groups is 2.